The summed E-state index contributed by atoms with van der Waals surface area (Å²) in [5, 5.41) is 0. The SMILES string of the molecule is O=S(=O)(Nc1ccc(CCCC2CCCC2)cc1F)c1ccc2c(c1)CCN(Cc1ccc(C(F)(F)F)nc1)C2. The van der Waals surface area contributed by atoms with E-state index in [0.29, 0.717) is 31.6 Å². The van der Waals surface area contributed by atoms with Crippen molar-refractivity contribution in [2.24, 2.45) is 5.92 Å². The van der Waals surface area contributed by atoms with Crippen molar-refractivity contribution in [2.75, 3.05) is 11.3 Å². The van der Waals surface area contributed by atoms with Crippen LogP contribution in [0.3, 0.4) is 0 Å². The first kappa shape index (κ1) is 28.5. The zero-order chi connectivity index (χ0) is 28.3. The van der Waals surface area contributed by atoms with Crippen LogP contribution < -0.4 is 4.72 Å². The summed E-state index contributed by atoms with van der Waals surface area (Å²) in [7, 11) is -3.99. The second kappa shape index (κ2) is 11.9. The molecule has 0 saturated heterocycles. The van der Waals surface area contributed by atoms with Crippen LogP contribution in [0.25, 0.3) is 0 Å². The monoisotopic (exact) mass is 575 g/mol. The Morgan fingerprint density at radius 3 is 2.45 bits per heavy atom. The molecule has 1 saturated carbocycles. The van der Waals surface area contributed by atoms with Gasteiger partial charge in [-0.25, -0.2) is 12.8 Å². The number of rotatable bonds is 9. The summed E-state index contributed by atoms with van der Waals surface area (Å²) in [6, 6.07) is 11.9. The van der Waals surface area contributed by atoms with E-state index in [1.165, 1.54) is 56.1 Å². The molecule has 5 nitrogen and oxygen atoms in total. The van der Waals surface area contributed by atoms with E-state index < -0.39 is 27.7 Å². The summed E-state index contributed by atoms with van der Waals surface area (Å²) in [6.45, 7) is 1.57. The predicted molar refractivity (Wildman–Crippen MR) is 146 cm³/mol. The van der Waals surface area contributed by atoms with E-state index in [2.05, 4.69) is 14.6 Å². The summed E-state index contributed by atoms with van der Waals surface area (Å²) in [4.78, 5) is 5.65. The summed E-state index contributed by atoms with van der Waals surface area (Å²) < 4.78 is 81.6. The quantitative estimate of drug-likeness (QED) is 0.276. The molecule has 0 unspecified atom stereocenters. The number of fused-ring (bicyclic) bond motifs is 1. The van der Waals surface area contributed by atoms with Crippen molar-refractivity contribution >= 4 is 15.7 Å². The van der Waals surface area contributed by atoms with E-state index in [-0.39, 0.29) is 10.6 Å². The molecule has 2 aliphatic rings. The molecular weight excluding hydrogens is 542 g/mol. The second-order valence-electron chi connectivity index (χ2n) is 10.9. The minimum atomic E-state index is -4.47. The lowest BCUT2D eigenvalue weighted by Gasteiger charge is -2.29. The maximum Gasteiger partial charge on any atom is 0.433 e. The Bertz CT molecular complexity index is 1440. The Balaban J connectivity index is 1.19. The Morgan fingerprint density at radius 1 is 0.975 bits per heavy atom. The van der Waals surface area contributed by atoms with Crippen LogP contribution in [0.1, 0.15) is 66.5 Å². The Hall–Kier alpha value is -2.98. The minimum absolute atomic E-state index is 0.0617. The highest BCUT2D eigenvalue weighted by Crippen LogP contribution is 2.30. The molecule has 2 aromatic carbocycles. The number of anilines is 1. The van der Waals surface area contributed by atoms with E-state index >= 15 is 0 Å². The van der Waals surface area contributed by atoms with Gasteiger partial charge in [-0.05, 0) is 77.8 Å². The first-order valence-electron chi connectivity index (χ1n) is 13.7. The van der Waals surface area contributed by atoms with Gasteiger partial charge in [0.05, 0.1) is 10.6 Å². The fourth-order valence-corrected chi connectivity index (χ4v) is 6.85. The van der Waals surface area contributed by atoms with Crippen LogP contribution in [0, 0.1) is 11.7 Å². The maximum absolute atomic E-state index is 14.8. The van der Waals surface area contributed by atoms with Crippen LogP contribution in [-0.4, -0.2) is 24.8 Å². The number of aromatic nitrogens is 1. The van der Waals surface area contributed by atoms with Crippen molar-refractivity contribution in [2.45, 2.75) is 75.5 Å². The van der Waals surface area contributed by atoms with Crippen LogP contribution in [0.2, 0.25) is 0 Å². The Labute approximate surface area is 232 Å². The number of pyridine rings is 1. The van der Waals surface area contributed by atoms with Crippen molar-refractivity contribution in [3.8, 4) is 0 Å². The Morgan fingerprint density at radius 2 is 1.75 bits per heavy atom. The van der Waals surface area contributed by atoms with Gasteiger partial charge in [0.25, 0.3) is 10.0 Å². The molecule has 40 heavy (non-hydrogen) atoms. The molecule has 1 aliphatic heterocycles. The fraction of sp³-hybridized carbons (Fsp3) is 0.433. The number of aryl methyl sites for hydroxylation is 1. The molecule has 1 fully saturated rings. The zero-order valence-corrected chi connectivity index (χ0v) is 23.0. The molecular formula is C30H33F4N3O2S. The van der Waals surface area contributed by atoms with Gasteiger partial charge in [-0.2, -0.15) is 13.2 Å². The number of nitrogens with one attached hydrogen (secondary N) is 1. The van der Waals surface area contributed by atoms with Crippen LogP contribution >= 0.6 is 0 Å². The van der Waals surface area contributed by atoms with Crippen molar-refractivity contribution in [3.63, 3.8) is 0 Å². The number of hydrogen-bond donors (Lipinski definition) is 1. The number of benzene rings is 2. The van der Waals surface area contributed by atoms with Gasteiger partial charge >= 0.3 is 6.18 Å². The predicted octanol–water partition coefficient (Wildman–Crippen LogP) is 7.11. The highest BCUT2D eigenvalue weighted by Gasteiger charge is 2.32. The molecule has 0 radical (unpaired) electrons. The lowest BCUT2D eigenvalue weighted by atomic mass is 9.98. The number of halogens is 4. The van der Waals surface area contributed by atoms with Gasteiger partial charge in [-0.15, -0.1) is 0 Å². The third-order valence-corrected chi connectivity index (χ3v) is 9.29. The molecule has 3 aromatic rings. The highest BCUT2D eigenvalue weighted by molar-refractivity contribution is 7.92. The molecule has 0 amide bonds. The average Bonchev–Trinajstić information content (AvgIpc) is 3.43. The van der Waals surface area contributed by atoms with Crippen LogP contribution in [0.5, 0.6) is 0 Å². The molecule has 1 N–H and O–H groups in total. The average molecular weight is 576 g/mol. The number of nitrogens with zero attached hydrogens (tertiary/aromatic N) is 2. The summed E-state index contributed by atoms with van der Waals surface area (Å²) >= 11 is 0. The van der Waals surface area contributed by atoms with E-state index in [1.54, 1.807) is 18.2 Å². The van der Waals surface area contributed by atoms with E-state index in [4.69, 9.17) is 0 Å². The third kappa shape index (κ3) is 7.01. The second-order valence-corrected chi connectivity index (χ2v) is 12.6. The van der Waals surface area contributed by atoms with Crippen molar-refractivity contribution in [1.29, 1.82) is 0 Å². The van der Waals surface area contributed by atoms with E-state index in [0.717, 1.165) is 47.9 Å². The van der Waals surface area contributed by atoms with Gasteiger partial charge in [-0.3, -0.25) is 14.6 Å². The number of alkyl halides is 3. The molecule has 2 heterocycles. The van der Waals surface area contributed by atoms with Crippen molar-refractivity contribution < 1.29 is 26.0 Å². The summed E-state index contributed by atoms with van der Waals surface area (Å²) in [6.07, 6.45) is 5.46. The van der Waals surface area contributed by atoms with Crippen LogP contribution in [0.4, 0.5) is 23.2 Å². The topological polar surface area (TPSA) is 62.3 Å². The molecule has 1 aromatic heterocycles. The summed E-state index contributed by atoms with van der Waals surface area (Å²) in [5.74, 6) is 0.195. The van der Waals surface area contributed by atoms with Gasteiger partial charge in [0.2, 0.25) is 0 Å². The van der Waals surface area contributed by atoms with Gasteiger partial charge in [0, 0.05) is 25.8 Å². The molecule has 1 aliphatic carbocycles. The Kier molecular flexibility index (Phi) is 8.47. The molecule has 214 valence electrons. The molecule has 0 spiro atoms. The molecule has 5 rings (SSSR count). The first-order valence-corrected chi connectivity index (χ1v) is 15.2. The van der Waals surface area contributed by atoms with E-state index in [9.17, 15) is 26.0 Å². The van der Waals surface area contributed by atoms with Gasteiger partial charge in [0.15, 0.2) is 0 Å². The minimum Gasteiger partial charge on any atom is -0.294 e. The number of sulfonamides is 1. The first-order chi connectivity index (χ1) is 19.1. The van der Waals surface area contributed by atoms with Crippen molar-refractivity contribution in [3.05, 3.63) is 88.5 Å². The zero-order valence-electron chi connectivity index (χ0n) is 22.2. The third-order valence-electron chi connectivity index (χ3n) is 7.93. The van der Waals surface area contributed by atoms with Crippen LogP contribution in [0.15, 0.2) is 59.6 Å². The largest absolute Gasteiger partial charge is 0.433 e. The standard InChI is InChI=1S/C30H33F4N3O2S/c31-27-16-22(7-3-6-21-4-1-2-5-21)8-12-28(27)36-40(38,39)26-11-10-25-20-37(15-14-24(25)17-26)19-23-9-13-29(35-18-23)30(32,33)34/h8-13,16-18,21,36H,1-7,14-15,19-20H2. The van der Waals surface area contributed by atoms with Gasteiger partial charge in [-0.1, -0.05) is 50.3 Å². The normalized spacial score (nSPS) is 16.7. The van der Waals surface area contributed by atoms with Crippen molar-refractivity contribution in [1.82, 2.24) is 9.88 Å². The fourth-order valence-electron chi connectivity index (χ4n) is 5.73. The smallest absolute Gasteiger partial charge is 0.294 e. The van der Waals surface area contributed by atoms with Gasteiger partial charge < -0.3 is 0 Å². The lowest BCUT2D eigenvalue weighted by Crippen LogP contribution is -2.30. The lowest BCUT2D eigenvalue weighted by molar-refractivity contribution is -0.141. The number of hydrogen-bond acceptors (Lipinski definition) is 4. The molecule has 10 heteroatoms. The highest BCUT2D eigenvalue weighted by atomic mass is 32.2. The summed E-state index contributed by atoms with van der Waals surface area (Å²) in [5.41, 5.74) is 2.35. The van der Waals surface area contributed by atoms with Crippen LogP contribution in [-0.2, 0) is 42.1 Å². The van der Waals surface area contributed by atoms with E-state index in [1.807, 2.05) is 0 Å². The molecule has 0 atom stereocenters. The maximum atomic E-state index is 14.8. The van der Waals surface area contributed by atoms with Gasteiger partial charge in [0.1, 0.15) is 11.5 Å². The molecule has 0 bridgehead atoms.